The van der Waals surface area contributed by atoms with Gasteiger partial charge in [0.05, 0.1) is 12.6 Å². The number of carbonyl (C=O) groups excluding carboxylic acids is 1. The quantitative estimate of drug-likeness (QED) is 0.463. The lowest BCUT2D eigenvalue weighted by Crippen LogP contribution is -2.42. The summed E-state index contributed by atoms with van der Waals surface area (Å²) in [6.07, 6.45) is 2.60. The molecule has 0 saturated heterocycles. The molecule has 0 aliphatic heterocycles. The van der Waals surface area contributed by atoms with Crippen LogP contribution in [0.4, 0.5) is 5.69 Å². The van der Waals surface area contributed by atoms with E-state index in [-0.39, 0.29) is 5.91 Å². The Labute approximate surface area is 193 Å². The van der Waals surface area contributed by atoms with E-state index in [1.165, 1.54) is 0 Å². The summed E-state index contributed by atoms with van der Waals surface area (Å²) in [4.78, 5) is 47.3. The van der Waals surface area contributed by atoms with Gasteiger partial charge in [0.1, 0.15) is 5.82 Å². The second-order valence-electron chi connectivity index (χ2n) is 8.21. The minimum atomic E-state index is -0.436. The topological polar surface area (TPSA) is 105 Å². The second kappa shape index (κ2) is 11.1. The van der Waals surface area contributed by atoms with Gasteiger partial charge in [0.15, 0.2) is 11.2 Å². The molecule has 2 aromatic heterocycles. The van der Waals surface area contributed by atoms with Crippen molar-refractivity contribution >= 4 is 22.8 Å². The molecular formula is C24H34N6O3. The summed E-state index contributed by atoms with van der Waals surface area (Å²) in [6.45, 7) is 10.0. The van der Waals surface area contributed by atoms with Crippen LogP contribution in [0.5, 0.6) is 0 Å². The molecule has 0 spiro atoms. The molecule has 1 amide bonds. The van der Waals surface area contributed by atoms with Crippen LogP contribution in [0.15, 0.2) is 39.9 Å². The molecule has 2 N–H and O–H groups in total. The van der Waals surface area contributed by atoms with Crippen LogP contribution in [0.25, 0.3) is 11.2 Å². The van der Waals surface area contributed by atoms with Crippen LogP contribution in [0.3, 0.4) is 0 Å². The van der Waals surface area contributed by atoms with Gasteiger partial charge in [-0.2, -0.15) is 0 Å². The molecule has 1 unspecified atom stereocenters. The molecule has 9 nitrogen and oxygen atoms in total. The number of rotatable bonds is 11. The molecule has 1 aromatic carbocycles. The molecule has 0 fully saturated rings. The predicted molar refractivity (Wildman–Crippen MR) is 130 cm³/mol. The lowest BCUT2D eigenvalue weighted by atomic mass is 10.2. The Bertz CT molecular complexity index is 1190. The molecule has 3 aromatic rings. The van der Waals surface area contributed by atoms with Crippen LogP contribution in [-0.4, -0.2) is 42.5 Å². The molecular weight excluding hydrogens is 420 g/mol. The summed E-state index contributed by atoms with van der Waals surface area (Å²) in [5, 5.41) is 2.96. The molecule has 178 valence electrons. The second-order valence-corrected chi connectivity index (χ2v) is 8.21. The van der Waals surface area contributed by atoms with Crippen molar-refractivity contribution in [2.24, 2.45) is 0 Å². The molecule has 33 heavy (non-hydrogen) atoms. The number of fused-ring (bicyclic) bond motifs is 1. The number of imidazole rings is 1. The Hall–Kier alpha value is -3.20. The van der Waals surface area contributed by atoms with Gasteiger partial charge >= 0.3 is 5.69 Å². The van der Waals surface area contributed by atoms with Gasteiger partial charge < -0.3 is 9.88 Å². The van der Waals surface area contributed by atoms with Crippen LogP contribution in [-0.2, 0) is 24.4 Å². The minimum absolute atomic E-state index is 0.105. The lowest BCUT2D eigenvalue weighted by molar-refractivity contribution is -0.121. The monoisotopic (exact) mass is 454 g/mol. The average Bonchev–Trinajstić information content (AvgIpc) is 3.17. The van der Waals surface area contributed by atoms with E-state index in [1.54, 1.807) is 4.57 Å². The number of benzene rings is 1. The van der Waals surface area contributed by atoms with Crippen LogP contribution in [0.2, 0.25) is 0 Å². The summed E-state index contributed by atoms with van der Waals surface area (Å²) < 4.78 is 3.39. The van der Waals surface area contributed by atoms with Crippen LogP contribution in [0.1, 0.15) is 52.8 Å². The Balaban J connectivity index is 1.96. The maximum atomic E-state index is 12.9. The van der Waals surface area contributed by atoms with Gasteiger partial charge in [-0.25, -0.2) is 9.78 Å². The Morgan fingerprint density at radius 3 is 2.48 bits per heavy atom. The van der Waals surface area contributed by atoms with E-state index in [9.17, 15) is 14.4 Å². The number of hydrogen-bond donors (Lipinski definition) is 2. The fourth-order valence-corrected chi connectivity index (χ4v) is 4.02. The summed E-state index contributed by atoms with van der Waals surface area (Å²) >= 11 is 0. The van der Waals surface area contributed by atoms with E-state index in [4.69, 9.17) is 4.98 Å². The third kappa shape index (κ3) is 5.42. The van der Waals surface area contributed by atoms with E-state index in [0.29, 0.717) is 43.2 Å². The van der Waals surface area contributed by atoms with E-state index in [2.05, 4.69) is 24.1 Å². The van der Waals surface area contributed by atoms with E-state index < -0.39 is 17.3 Å². The van der Waals surface area contributed by atoms with E-state index in [1.807, 2.05) is 53.6 Å². The highest BCUT2D eigenvalue weighted by Gasteiger charge is 2.25. The van der Waals surface area contributed by atoms with Crippen LogP contribution in [0, 0.1) is 0 Å². The summed E-state index contributed by atoms with van der Waals surface area (Å²) in [7, 11) is 0. The van der Waals surface area contributed by atoms with Crippen molar-refractivity contribution in [3.8, 4) is 0 Å². The minimum Gasteiger partial charge on any atom is -0.325 e. The highest BCUT2D eigenvalue weighted by atomic mass is 16.2. The SMILES string of the molecule is CCCCn1c(=O)[nH]c(=O)c2c1nc(CN(CCC)C(C)C(=O)Nc1ccccc1)n2CC. The van der Waals surface area contributed by atoms with Gasteiger partial charge in [0, 0.05) is 18.8 Å². The van der Waals surface area contributed by atoms with Crippen LogP contribution < -0.4 is 16.6 Å². The summed E-state index contributed by atoms with van der Waals surface area (Å²) in [6, 6.07) is 8.96. The van der Waals surface area contributed by atoms with E-state index in [0.717, 1.165) is 24.9 Å². The van der Waals surface area contributed by atoms with Gasteiger partial charge in [-0.05, 0) is 45.4 Å². The number of aryl methyl sites for hydroxylation is 2. The first-order valence-electron chi connectivity index (χ1n) is 11.7. The Kier molecular flexibility index (Phi) is 8.21. The van der Waals surface area contributed by atoms with Crippen molar-refractivity contribution in [3.63, 3.8) is 0 Å². The first kappa shape index (κ1) is 24.4. The number of unbranched alkanes of at least 4 members (excludes halogenated alkanes) is 1. The number of para-hydroxylation sites is 1. The highest BCUT2D eigenvalue weighted by Crippen LogP contribution is 2.17. The molecule has 0 aliphatic carbocycles. The fourth-order valence-electron chi connectivity index (χ4n) is 4.02. The molecule has 1 atom stereocenters. The van der Waals surface area contributed by atoms with Gasteiger partial charge in [-0.15, -0.1) is 0 Å². The zero-order valence-electron chi connectivity index (χ0n) is 19.9. The average molecular weight is 455 g/mol. The standard InChI is InChI=1S/C24H34N6O3/c1-5-8-15-30-21-20(23(32)27-24(30)33)29(7-3)19(26-21)16-28(14-6-2)17(4)22(31)25-18-12-10-9-11-13-18/h9-13,17H,5-8,14-16H2,1-4H3,(H,25,31)(H,27,32,33). The molecule has 0 saturated carbocycles. The molecule has 2 heterocycles. The number of anilines is 1. The molecule has 9 heteroatoms. The third-order valence-electron chi connectivity index (χ3n) is 5.84. The van der Waals surface area contributed by atoms with Gasteiger partial charge in [-0.3, -0.25) is 24.0 Å². The zero-order chi connectivity index (χ0) is 24.0. The maximum Gasteiger partial charge on any atom is 0.330 e. The van der Waals surface area contributed by atoms with Gasteiger partial charge in [0.25, 0.3) is 5.56 Å². The van der Waals surface area contributed by atoms with Crippen molar-refractivity contribution in [2.75, 3.05) is 11.9 Å². The molecule has 0 bridgehead atoms. The van der Waals surface area contributed by atoms with Crippen LogP contribution >= 0.6 is 0 Å². The summed E-state index contributed by atoms with van der Waals surface area (Å²) in [5.74, 6) is 0.563. The van der Waals surface area contributed by atoms with Crippen molar-refractivity contribution < 1.29 is 4.79 Å². The maximum absolute atomic E-state index is 12.9. The van der Waals surface area contributed by atoms with E-state index >= 15 is 0 Å². The largest absolute Gasteiger partial charge is 0.330 e. The van der Waals surface area contributed by atoms with Crippen molar-refractivity contribution in [3.05, 3.63) is 57.0 Å². The molecule has 0 aliphatic rings. The molecule has 0 radical (unpaired) electrons. The number of hydrogen-bond acceptors (Lipinski definition) is 5. The predicted octanol–water partition coefficient (Wildman–Crippen LogP) is 2.95. The number of aromatic amines is 1. The van der Waals surface area contributed by atoms with Crippen molar-refractivity contribution in [1.29, 1.82) is 0 Å². The van der Waals surface area contributed by atoms with Crippen molar-refractivity contribution in [1.82, 2.24) is 24.0 Å². The fraction of sp³-hybridized carbons (Fsp3) is 0.500. The smallest absolute Gasteiger partial charge is 0.325 e. The number of nitrogens with one attached hydrogen (secondary N) is 2. The Morgan fingerprint density at radius 1 is 1.12 bits per heavy atom. The van der Waals surface area contributed by atoms with Gasteiger partial charge in [0.2, 0.25) is 5.91 Å². The van der Waals surface area contributed by atoms with Gasteiger partial charge in [-0.1, -0.05) is 38.5 Å². The number of nitrogens with zero attached hydrogens (tertiary/aromatic N) is 4. The Morgan fingerprint density at radius 2 is 1.85 bits per heavy atom. The number of aromatic nitrogens is 4. The summed E-state index contributed by atoms with van der Waals surface area (Å²) in [5.41, 5.74) is 0.695. The number of amides is 1. The number of H-pyrrole nitrogens is 1. The highest BCUT2D eigenvalue weighted by molar-refractivity contribution is 5.94. The number of carbonyl (C=O) groups is 1. The lowest BCUT2D eigenvalue weighted by Gasteiger charge is -2.27. The third-order valence-corrected chi connectivity index (χ3v) is 5.84. The molecule has 3 rings (SSSR count). The first-order valence-corrected chi connectivity index (χ1v) is 11.7. The normalized spacial score (nSPS) is 12.4. The van der Waals surface area contributed by atoms with Crippen molar-refractivity contribution in [2.45, 2.75) is 72.6 Å². The first-order chi connectivity index (χ1) is 15.9. The zero-order valence-corrected chi connectivity index (χ0v) is 19.9.